The zero-order valence-electron chi connectivity index (χ0n) is 7.41. The van der Waals surface area contributed by atoms with Crippen molar-refractivity contribution in [2.45, 2.75) is 0 Å². The van der Waals surface area contributed by atoms with Crippen molar-refractivity contribution in [3.8, 4) is 0 Å². The number of fused-ring (bicyclic) bond motifs is 1. The summed E-state index contributed by atoms with van der Waals surface area (Å²) in [4.78, 5) is 29.5. The van der Waals surface area contributed by atoms with Crippen LogP contribution in [0.25, 0.3) is 0 Å². The van der Waals surface area contributed by atoms with Crippen molar-refractivity contribution in [2.75, 3.05) is 0 Å². The molecule has 1 aliphatic carbocycles. The maximum atomic E-state index is 10.9. The zero-order chi connectivity index (χ0) is 11.1. The summed E-state index contributed by atoms with van der Waals surface area (Å²) in [6, 6.07) is 0. The van der Waals surface area contributed by atoms with Gasteiger partial charge in [-0.25, -0.2) is 9.98 Å². The highest BCUT2D eigenvalue weighted by Crippen LogP contribution is 2.30. The number of carboxylic acid groups (broad SMARTS) is 2. The standard InChI is InChI=1S/C9H6N2O4/c12-7(13)9(8(14)15)2-1-5-6(3-9)11-4-10-5/h1-4H,(H,12,13)(H,14,15). The number of carboxylic acids is 2. The summed E-state index contributed by atoms with van der Waals surface area (Å²) in [6.45, 7) is 0. The molecular weight excluding hydrogens is 200 g/mol. The number of aliphatic carboxylic acids is 2. The minimum Gasteiger partial charge on any atom is -0.480 e. The van der Waals surface area contributed by atoms with E-state index in [9.17, 15) is 9.59 Å². The molecule has 0 aromatic carbocycles. The van der Waals surface area contributed by atoms with Crippen molar-refractivity contribution in [1.82, 2.24) is 0 Å². The summed E-state index contributed by atoms with van der Waals surface area (Å²) < 4.78 is 0. The first kappa shape index (κ1) is 9.32. The number of aliphatic imine (C=N–C) groups is 2. The Labute approximate surface area is 84.0 Å². The Morgan fingerprint density at radius 1 is 1.27 bits per heavy atom. The van der Waals surface area contributed by atoms with E-state index in [2.05, 4.69) is 9.98 Å². The number of nitrogens with zero attached hydrogens (tertiary/aromatic N) is 2. The average molecular weight is 206 g/mol. The minimum atomic E-state index is -2.03. The Morgan fingerprint density at radius 3 is 2.53 bits per heavy atom. The lowest BCUT2D eigenvalue weighted by atomic mass is 9.83. The van der Waals surface area contributed by atoms with Gasteiger partial charge in [0.1, 0.15) is 6.34 Å². The van der Waals surface area contributed by atoms with Gasteiger partial charge in [0.2, 0.25) is 5.41 Å². The summed E-state index contributed by atoms with van der Waals surface area (Å²) in [5.41, 5.74) is -1.27. The molecule has 6 heteroatoms. The van der Waals surface area contributed by atoms with Crippen molar-refractivity contribution in [1.29, 1.82) is 0 Å². The Balaban J connectivity index is 2.55. The van der Waals surface area contributed by atoms with Gasteiger partial charge in [0, 0.05) is 0 Å². The highest BCUT2D eigenvalue weighted by atomic mass is 16.4. The molecule has 0 aromatic heterocycles. The third-order valence-corrected chi connectivity index (χ3v) is 2.23. The van der Waals surface area contributed by atoms with Gasteiger partial charge in [0.15, 0.2) is 0 Å². The van der Waals surface area contributed by atoms with E-state index < -0.39 is 17.4 Å². The largest absolute Gasteiger partial charge is 0.480 e. The normalized spacial score (nSPS) is 20.5. The first-order valence-electron chi connectivity index (χ1n) is 4.06. The number of allylic oxidation sites excluding steroid dienone is 1. The summed E-state index contributed by atoms with van der Waals surface area (Å²) >= 11 is 0. The van der Waals surface area contributed by atoms with E-state index in [0.29, 0.717) is 5.71 Å². The molecule has 2 rings (SSSR count). The predicted molar refractivity (Wildman–Crippen MR) is 50.9 cm³/mol. The van der Waals surface area contributed by atoms with E-state index in [1.807, 2.05) is 0 Å². The third-order valence-electron chi connectivity index (χ3n) is 2.23. The van der Waals surface area contributed by atoms with Crippen LogP contribution in [0, 0.1) is 5.41 Å². The van der Waals surface area contributed by atoms with E-state index >= 15 is 0 Å². The lowest BCUT2D eigenvalue weighted by Gasteiger charge is -2.20. The van der Waals surface area contributed by atoms with Crippen molar-refractivity contribution < 1.29 is 19.8 Å². The molecular formula is C9H6N2O4. The molecule has 2 aliphatic rings. The van der Waals surface area contributed by atoms with Gasteiger partial charge in [0.25, 0.3) is 0 Å². The first-order valence-corrected chi connectivity index (χ1v) is 4.06. The number of carbonyl (C=O) groups is 2. The van der Waals surface area contributed by atoms with Crippen LogP contribution in [0.2, 0.25) is 0 Å². The SMILES string of the molecule is O=C(O)C1(C(=O)O)C=CC2=NC=NC2=C1. The molecule has 0 saturated carbocycles. The van der Waals surface area contributed by atoms with Crippen molar-refractivity contribution >= 4 is 24.0 Å². The summed E-state index contributed by atoms with van der Waals surface area (Å²) in [5, 5.41) is 17.8. The fourth-order valence-electron chi connectivity index (χ4n) is 1.36. The van der Waals surface area contributed by atoms with E-state index in [-0.39, 0.29) is 5.70 Å². The topological polar surface area (TPSA) is 99.3 Å². The van der Waals surface area contributed by atoms with Crippen LogP contribution in [0.4, 0.5) is 0 Å². The van der Waals surface area contributed by atoms with Crippen LogP contribution in [0.5, 0.6) is 0 Å². The van der Waals surface area contributed by atoms with Crippen molar-refractivity contribution in [3.05, 3.63) is 23.9 Å². The Morgan fingerprint density at radius 2 is 1.93 bits per heavy atom. The molecule has 2 N–H and O–H groups in total. The molecule has 76 valence electrons. The molecule has 1 aliphatic heterocycles. The molecule has 0 fully saturated rings. The summed E-state index contributed by atoms with van der Waals surface area (Å²) in [7, 11) is 0. The summed E-state index contributed by atoms with van der Waals surface area (Å²) in [5.74, 6) is -2.89. The van der Waals surface area contributed by atoms with E-state index in [0.717, 1.165) is 12.2 Å². The lowest BCUT2D eigenvalue weighted by Crippen LogP contribution is -2.37. The number of hydrogen-bond acceptors (Lipinski definition) is 4. The van der Waals surface area contributed by atoms with Crippen LogP contribution >= 0.6 is 0 Å². The summed E-state index contributed by atoms with van der Waals surface area (Å²) in [6.07, 6.45) is 4.78. The Kier molecular flexibility index (Phi) is 1.79. The van der Waals surface area contributed by atoms with Crippen LogP contribution in [-0.4, -0.2) is 34.2 Å². The van der Waals surface area contributed by atoms with Crippen LogP contribution < -0.4 is 0 Å². The van der Waals surface area contributed by atoms with Gasteiger partial charge >= 0.3 is 11.9 Å². The minimum absolute atomic E-state index is 0.280. The van der Waals surface area contributed by atoms with Crippen LogP contribution in [0.15, 0.2) is 33.9 Å². The molecule has 0 atom stereocenters. The molecule has 0 unspecified atom stereocenters. The van der Waals surface area contributed by atoms with Gasteiger partial charge in [-0.2, -0.15) is 0 Å². The van der Waals surface area contributed by atoms with E-state index in [1.54, 1.807) is 0 Å². The molecule has 1 heterocycles. The molecule has 0 amide bonds. The molecule has 0 bridgehead atoms. The van der Waals surface area contributed by atoms with Gasteiger partial charge in [-0.05, 0) is 12.2 Å². The lowest BCUT2D eigenvalue weighted by molar-refractivity contribution is -0.157. The van der Waals surface area contributed by atoms with Gasteiger partial charge in [-0.1, -0.05) is 6.08 Å². The monoisotopic (exact) mass is 206 g/mol. The maximum absolute atomic E-state index is 10.9. The van der Waals surface area contributed by atoms with Crippen LogP contribution in [-0.2, 0) is 9.59 Å². The first-order chi connectivity index (χ1) is 7.06. The average Bonchev–Trinajstić information content (AvgIpc) is 2.62. The molecule has 0 radical (unpaired) electrons. The fourth-order valence-corrected chi connectivity index (χ4v) is 1.36. The van der Waals surface area contributed by atoms with Gasteiger partial charge in [-0.15, -0.1) is 0 Å². The second-order valence-corrected chi connectivity index (χ2v) is 3.10. The van der Waals surface area contributed by atoms with Crippen molar-refractivity contribution in [2.24, 2.45) is 15.4 Å². The van der Waals surface area contributed by atoms with Gasteiger partial charge in [0.05, 0.1) is 11.4 Å². The highest BCUT2D eigenvalue weighted by Gasteiger charge is 2.45. The quantitative estimate of drug-likeness (QED) is 0.625. The van der Waals surface area contributed by atoms with Crippen LogP contribution in [0.3, 0.4) is 0 Å². The van der Waals surface area contributed by atoms with E-state index in [4.69, 9.17) is 10.2 Å². The number of rotatable bonds is 2. The fraction of sp³-hybridized carbons (Fsp3) is 0.111. The van der Waals surface area contributed by atoms with E-state index in [1.165, 1.54) is 12.4 Å². The predicted octanol–water partition coefficient (Wildman–Crippen LogP) is 0.0786. The molecule has 15 heavy (non-hydrogen) atoms. The van der Waals surface area contributed by atoms with Gasteiger partial charge < -0.3 is 10.2 Å². The Bertz CT molecular complexity index is 457. The van der Waals surface area contributed by atoms with Gasteiger partial charge in [-0.3, -0.25) is 9.59 Å². The molecule has 0 spiro atoms. The second kappa shape index (κ2) is 2.88. The Hall–Kier alpha value is -2.24. The molecule has 0 saturated heterocycles. The smallest absolute Gasteiger partial charge is 0.329 e. The molecule has 6 nitrogen and oxygen atoms in total. The molecule has 0 aromatic rings. The zero-order valence-corrected chi connectivity index (χ0v) is 7.41. The van der Waals surface area contributed by atoms with Crippen molar-refractivity contribution in [3.63, 3.8) is 0 Å². The second-order valence-electron chi connectivity index (χ2n) is 3.10. The maximum Gasteiger partial charge on any atom is 0.329 e. The highest BCUT2D eigenvalue weighted by molar-refractivity contribution is 6.18. The number of hydrogen-bond donors (Lipinski definition) is 2. The third kappa shape index (κ3) is 1.18. The van der Waals surface area contributed by atoms with Crippen LogP contribution in [0.1, 0.15) is 0 Å².